The molecule has 1 aliphatic heterocycles. The van der Waals surface area contributed by atoms with Crippen LogP contribution < -0.4 is 16.0 Å². The number of amides is 3. The Labute approximate surface area is 172 Å². The van der Waals surface area contributed by atoms with Crippen molar-refractivity contribution in [2.24, 2.45) is 0 Å². The molecule has 28 heavy (non-hydrogen) atoms. The van der Waals surface area contributed by atoms with Gasteiger partial charge in [0.2, 0.25) is 0 Å². The predicted octanol–water partition coefficient (Wildman–Crippen LogP) is 4.58. The van der Waals surface area contributed by atoms with Crippen LogP contribution in [-0.2, 0) is 4.79 Å². The van der Waals surface area contributed by atoms with Gasteiger partial charge in [-0.2, -0.15) is 0 Å². The number of hydrogen-bond acceptors (Lipinski definition) is 3. The number of allylic oxidation sites excluding steroid dienone is 1. The molecule has 3 amide bonds. The number of phenols is 1. The third-order valence-corrected chi connectivity index (χ3v) is 5.23. The summed E-state index contributed by atoms with van der Waals surface area (Å²) in [5.74, 6) is -0.632. The number of urea groups is 1. The van der Waals surface area contributed by atoms with Gasteiger partial charge >= 0.3 is 6.03 Å². The van der Waals surface area contributed by atoms with E-state index in [1.807, 2.05) is 32.0 Å². The molecule has 6 nitrogen and oxygen atoms in total. The number of carbonyl (C=O) groups is 2. The zero-order valence-corrected chi connectivity index (χ0v) is 17.0. The molecule has 0 radical (unpaired) electrons. The van der Waals surface area contributed by atoms with Crippen molar-refractivity contribution >= 4 is 40.8 Å². The van der Waals surface area contributed by atoms with Crippen molar-refractivity contribution in [1.29, 1.82) is 0 Å². The van der Waals surface area contributed by atoms with Gasteiger partial charge in [-0.1, -0.05) is 29.3 Å². The Hall–Kier alpha value is -2.70. The van der Waals surface area contributed by atoms with Crippen molar-refractivity contribution in [3.05, 3.63) is 68.3 Å². The smallest absolute Gasteiger partial charge is 0.319 e. The second kappa shape index (κ2) is 7.73. The van der Waals surface area contributed by atoms with Gasteiger partial charge < -0.3 is 21.1 Å². The van der Waals surface area contributed by atoms with Crippen molar-refractivity contribution in [2.75, 3.05) is 5.32 Å². The van der Waals surface area contributed by atoms with Gasteiger partial charge in [-0.3, -0.25) is 4.79 Å². The molecule has 0 bridgehead atoms. The maximum atomic E-state index is 13.0. The fourth-order valence-electron chi connectivity index (χ4n) is 3.01. The van der Waals surface area contributed by atoms with E-state index >= 15 is 0 Å². The lowest BCUT2D eigenvalue weighted by Crippen LogP contribution is -2.46. The first-order valence-electron chi connectivity index (χ1n) is 8.52. The Balaban J connectivity index is 1.99. The molecule has 0 spiro atoms. The molecule has 146 valence electrons. The Kier molecular flexibility index (Phi) is 5.54. The maximum Gasteiger partial charge on any atom is 0.319 e. The molecule has 0 fully saturated rings. The van der Waals surface area contributed by atoms with Crippen LogP contribution in [0, 0.1) is 13.8 Å². The third kappa shape index (κ3) is 3.93. The molecule has 0 saturated carbocycles. The fourth-order valence-corrected chi connectivity index (χ4v) is 3.52. The molecule has 1 aliphatic rings. The quantitative estimate of drug-likeness (QED) is 0.586. The predicted molar refractivity (Wildman–Crippen MR) is 110 cm³/mol. The topological polar surface area (TPSA) is 90.5 Å². The van der Waals surface area contributed by atoms with Crippen molar-refractivity contribution in [3.63, 3.8) is 0 Å². The minimum atomic E-state index is -0.782. The minimum Gasteiger partial charge on any atom is -0.505 e. The van der Waals surface area contributed by atoms with E-state index in [0.29, 0.717) is 22.5 Å². The number of hydrogen-bond donors (Lipinski definition) is 4. The van der Waals surface area contributed by atoms with E-state index in [0.717, 1.165) is 11.1 Å². The Morgan fingerprint density at radius 1 is 1.07 bits per heavy atom. The van der Waals surface area contributed by atoms with Crippen molar-refractivity contribution in [1.82, 2.24) is 10.6 Å². The van der Waals surface area contributed by atoms with E-state index in [4.69, 9.17) is 23.2 Å². The lowest BCUT2D eigenvalue weighted by molar-refractivity contribution is -0.113. The van der Waals surface area contributed by atoms with Crippen LogP contribution in [0.4, 0.5) is 10.5 Å². The molecule has 1 heterocycles. The van der Waals surface area contributed by atoms with Crippen molar-refractivity contribution < 1.29 is 14.7 Å². The van der Waals surface area contributed by atoms with Gasteiger partial charge in [-0.15, -0.1) is 0 Å². The number of anilines is 1. The van der Waals surface area contributed by atoms with Gasteiger partial charge in [0.05, 0.1) is 21.7 Å². The zero-order valence-electron chi connectivity index (χ0n) is 15.5. The number of aromatic hydroxyl groups is 1. The molecule has 0 aromatic heterocycles. The van der Waals surface area contributed by atoms with Gasteiger partial charge in [0.25, 0.3) is 5.91 Å². The number of phenolic OH excluding ortho intramolecular Hbond substituents is 1. The minimum absolute atomic E-state index is 0.0295. The summed E-state index contributed by atoms with van der Waals surface area (Å²) in [4.78, 5) is 25.0. The first-order chi connectivity index (χ1) is 13.2. The second-order valence-corrected chi connectivity index (χ2v) is 7.47. The van der Waals surface area contributed by atoms with Gasteiger partial charge in [-0.05, 0) is 61.7 Å². The summed E-state index contributed by atoms with van der Waals surface area (Å²) in [7, 11) is 0. The summed E-state index contributed by atoms with van der Waals surface area (Å²) in [5, 5.41) is 18.0. The van der Waals surface area contributed by atoms with Gasteiger partial charge in [0.15, 0.2) is 5.75 Å². The molecule has 8 heteroatoms. The number of halogens is 2. The number of benzene rings is 2. The second-order valence-electron chi connectivity index (χ2n) is 6.66. The maximum absolute atomic E-state index is 13.0. The van der Waals surface area contributed by atoms with E-state index < -0.39 is 12.1 Å². The van der Waals surface area contributed by atoms with Gasteiger partial charge in [0, 0.05) is 11.4 Å². The largest absolute Gasteiger partial charge is 0.505 e. The lowest BCUT2D eigenvalue weighted by Gasteiger charge is -2.29. The molecule has 0 aliphatic carbocycles. The van der Waals surface area contributed by atoms with Crippen LogP contribution in [0.25, 0.3) is 0 Å². The van der Waals surface area contributed by atoms with Crippen molar-refractivity contribution in [3.8, 4) is 5.75 Å². The molecular weight excluding hydrogens is 401 g/mol. The first kappa shape index (κ1) is 20.0. The van der Waals surface area contributed by atoms with Crippen LogP contribution in [-0.4, -0.2) is 17.0 Å². The van der Waals surface area contributed by atoms with Crippen molar-refractivity contribution in [2.45, 2.75) is 26.8 Å². The van der Waals surface area contributed by atoms with E-state index in [2.05, 4.69) is 16.0 Å². The molecule has 2 aromatic rings. The fraction of sp³-hybridized carbons (Fsp3) is 0.200. The standard InChI is InChI=1S/C20H19Cl2N3O3/c1-9-4-5-13(6-10(9)2)24-19(27)16-11(3)23-20(28)25-17(16)12-7-14(21)18(26)15(22)8-12/h4-8,17,26H,1-3H3,(H,24,27)(H2,23,25,28). The summed E-state index contributed by atoms with van der Waals surface area (Å²) in [6.45, 7) is 5.59. The van der Waals surface area contributed by atoms with Gasteiger partial charge in [-0.25, -0.2) is 4.79 Å². The molecule has 1 atom stereocenters. The zero-order chi connectivity index (χ0) is 20.6. The number of rotatable bonds is 3. The van der Waals surface area contributed by atoms with Crippen LogP contribution in [0.2, 0.25) is 10.0 Å². The highest BCUT2D eigenvalue weighted by Gasteiger charge is 2.32. The summed E-state index contributed by atoms with van der Waals surface area (Å²) in [6.07, 6.45) is 0. The molecule has 1 unspecified atom stereocenters. The van der Waals surface area contributed by atoms with Crippen LogP contribution >= 0.6 is 23.2 Å². The molecule has 4 N–H and O–H groups in total. The van der Waals surface area contributed by atoms with E-state index in [1.54, 1.807) is 6.92 Å². The van der Waals surface area contributed by atoms with E-state index in [-0.39, 0.29) is 21.7 Å². The molecular formula is C20H19Cl2N3O3. The van der Waals surface area contributed by atoms with E-state index in [9.17, 15) is 14.7 Å². The number of aryl methyl sites for hydroxylation is 2. The van der Waals surface area contributed by atoms with Crippen LogP contribution in [0.1, 0.15) is 29.7 Å². The summed E-state index contributed by atoms with van der Waals surface area (Å²) in [5.41, 5.74) is 4.02. The summed E-state index contributed by atoms with van der Waals surface area (Å²) < 4.78 is 0. The summed E-state index contributed by atoms with van der Waals surface area (Å²) >= 11 is 12.0. The number of carbonyl (C=O) groups excluding carboxylic acids is 2. The Morgan fingerprint density at radius 3 is 2.32 bits per heavy atom. The Morgan fingerprint density at radius 2 is 1.71 bits per heavy atom. The normalized spacial score (nSPS) is 16.5. The van der Waals surface area contributed by atoms with Crippen LogP contribution in [0.5, 0.6) is 5.75 Å². The average molecular weight is 420 g/mol. The van der Waals surface area contributed by atoms with E-state index in [1.165, 1.54) is 12.1 Å². The lowest BCUT2D eigenvalue weighted by atomic mass is 9.94. The Bertz CT molecular complexity index is 995. The molecule has 0 saturated heterocycles. The highest BCUT2D eigenvalue weighted by Crippen LogP contribution is 2.37. The monoisotopic (exact) mass is 419 g/mol. The van der Waals surface area contributed by atoms with Crippen LogP contribution in [0.3, 0.4) is 0 Å². The number of nitrogens with one attached hydrogen (secondary N) is 3. The first-order valence-corrected chi connectivity index (χ1v) is 9.27. The SMILES string of the molecule is CC1=C(C(=O)Nc2ccc(C)c(C)c2)C(c2cc(Cl)c(O)c(Cl)c2)NC(=O)N1. The highest BCUT2D eigenvalue weighted by atomic mass is 35.5. The van der Waals surface area contributed by atoms with Crippen LogP contribution in [0.15, 0.2) is 41.6 Å². The summed E-state index contributed by atoms with van der Waals surface area (Å²) in [6, 6.07) is 7.31. The third-order valence-electron chi connectivity index (χ3n) is 4.65. The highest BCUT2D eigenvalue weighted by molar-refractivity contribution is 6.37. The molecule has 2 aromatic carbocycles. The molecule has 3 rings (SSSR count). The van der Waals surface area contributed by atoms with Gasteiger partial charge in [0.1, 0.15) is 0 Å². The average Bonchev–Trinajstić information content (AvgIpc) is 2.61.